The largest absolute Gasteiger partial charge is 0.353 e. The standard InChI is InChI=1S/C18H22N8/c1-2-14-11-17(21-18(20-14)13-3-4-13)25-9-7-24(8-10-25)16-6-5-15-22-19-12-26(15)23-16/h5-6,11-13H,2-4,7-10H2,1H3. The van der Waals surface area contributed by atoms with Gasteiger partial charge in [0, 0.05) is 43.9 Å². The van der Waals surface area contributed by atoms with Gasteiger partial charge < -0.3 is 9.80 Å². The highest BCUT2D eigenvalue weighted by Gasteiger charge is 2.28. The topological polar surface area (TPSA) is 75.3 Å². The summed E-state index contributed by atoms with van der Waals surface area (Å²) in [6, 6.07) is 6.13. The van der Waals surface area contributed by atoms with E-state index in [0.717, 1.165) is 61.4 Å². The predicted octanol–water partition coefficient (Wildman–Crippen LogP) is 1.68. The Balaban J connectivity index is 1.33. The molecule has 4 heterocycles. The number of anilines is 2. The van der Waals surface area contributed by atoms with Crippen molar-refractivity contribution in [3.63, 3.8) is 0 Å². The smallest absolute Gasteiger partial charge is 0.177 e. The summed E-state index contributed by atoms with van der Waals surface area (Å²) in [5, 5.41) is 12.5. The molecule has 0 N–H and O–H groups in total. The van der Waals surface area contributed by atoms with Crippen LogP contribution in [0.25, 0.3) is 5.65 Å². The second kappa shape index (κ2) is 6.19. The molecule has 2 fully saturated rings. The van der Waals surface area contributed by atoms with E-state index in [4.69, 9.17) is 9.97 Å². The van der Waals surface area contributed by atoms with Gasteiger partial charge in [-0.3, -0.25) is 0 Å². The molecule has 3 aromatic rings. The van der Waals surface area contributed by atoms with Gasteiger partial charge in [0.2, 0.25) is 0 Å². The highest BCUT2D eigenvalue weighted by molar-refractivity contribution is 5.48. The lowest BCUT2D eigenvalue weighted by atomic mass is 10.2. The van der Waals surface area contributed by atoms with Crippen LogP contribution in [0.4, 0.5) is 11.6 Å². The lowest BCUT2D eigenvalue weighted by Crippen LogP contribution is -2.47. The van der Waals surface area contributed by atoms with E-state index in [-0.39, 0.29) is 0 Å². The fourth-order valence-electron chi connectivity index (χ4n) is 3.42. The molecule has 0 bridgehead atoms. The van der Waals surface area contributed by atoms with Crippen LogP contribution in [0.1, 0.15) is 37.2 Å². The predicted molar refractivity (Wildman–Crippen MR) is 98.6 cm³/mol. The summed E-state index contributed by atoms with van der Waals surface area (Å²) in [6.07, 6.45) is 5.06. The van der Waals surface area contributed by atoms with Crippen molar-refractivity contribution >= 4 is 17.3 Å². The third kappa shape index (κ3) is 2.85. The molecule has 134 valence electrons. The first kappa shape index (κ1) is 15.5. The Morgan fingerprint density at radius 2 is 1.77 bits per heavy atom. The van der Waals surface area contributed by atoms with Crippen molar-refractivity contribution in [2.45, 2.75) is 32.1 Å². The van der Waals surface area contributed by atoms with E-state index in [2.05, 4.69) is 38.1 Å². The third-order valence-electron chi connectivity index (χ3n) is 5.16. The van der Waals surface area contributed by atoms with Crippen LogP contribution in [0.5, 0.6) is 0 Å². The molecule has 0 atom stereocenters. The molecule has 26 heavy (non-hydrogen) atoms. The third-order valence-corrected chi connectivity index (χ3v) is 5.16. The molecule has 3 aromatic heterocycles. The molecule has 8 nitrogen and oxygen atoms in total. The molecule has 0 radical (unpaired) electrons. The number of nitrogens with zero attached hydrogens (tertiary/aromatic N) is 8. The van der Waals surface area contributed by atoms with E-state index in [1.165, 1.54) is 12.8 Å². The Bertz CT molecular complexity index is 924. The fraction of sp³-hybridized carbons (Fsp3) is 0.500. The summed E-state index contributed by atoms with van der Waals surface area (Å²) < 4.78 is 1.72. The van der Waals surface area contributed by atoms with Gasteiger partial charge in [-0.1, -0.05) is 6.92 Å². The molecular formula is C18H22N8. The second-order valence-corrected chi connectivity index (χ2v) is 7.00. The maximum Gasteiger partial charge on any atom is 0.177 e. The van der Waals surface area contributed by atoms with E-state index >= 15 is 0 Å². The first-order valence-electron chi connectivity index (χ1n) is 9.35. The molecule has 5 rings (SSSR count). The van der Waals surface area contributed by atoms with Crippen LogP contribution in [0, 0.1) is 0 Å². The van der Waals surface area contributed by atoms with Crippen molar-refractivity contribution in [3.05, 3.63) is 36.0 Å². The zero-order chi connectivity index (χ0) is 17.5. The summed E-state index contributed by atoms with van der Waals surface area (Å²) in [5.41, 5.74) is 1.92. The maximum atomic E-state index is 4.86. The van der Waals surface area contributed by atoms with Crippen molar-refractivity contribution in [1.82, 2.24) is 29.8 Å². The Morgan fingerprint density at radius 3 is 2.50 bits per heavy atom. The second-order valence-electron chi connectivity index (χ2n) is 7.00. The SMILES string of the molecule is CCc1cc(N2CCN(c3ccc4nncn4n3)CC2)nc(C2CC2)n1. The molecule has 1 aliphatic carbocycles. The minimum absolute atomic E-state index is 0.584. The van der Waals surface area contributed by atoms with Crippen LogP contribution in [0.2, 0.25) is 0 Å². The molecule has 0 spiro atoms. The lowest BCUT2D eigenvalue weighted by Gasteiger charge is -2.36. The van der Waals surface area contributed by atoms with Crippen LogP contribution < -0.4 is 9.80 Å². The average Bonchev–Trinajstić information content (AvgIpc) is 3.45. The average molecular weight is 350 g/mol. The van der Waals surface area contributed by atoms with Crippen molar-refractivity contribution in [2.24, 2.45) is 0 Å². The van der Waals surface area contributed by atoms with Gasteiger partial charge in [-0.05, 0) is 31.4 Å². The van der Waals surface area contributed by atoms with Gasteiger partial charge in [0.15, 0.2) is 5.65 Å². The maximum absolute atomic E-state index is 4.86. The highest BCUT2D eigenvalue weighted by atomic mass is 15.4. The summed E-state index contributed by atoms with van der Waals surface area (Å²) in [5.74, 6) is 3.68. The molecule has 1 aliphatic heterocycles. The Labute approximate surface area is 151 Å². The van der Waals surface area contributed by atoms with Crippen molar-refractivity contribution in [2.75, 3.05) is 36.0 Å². The minimum Gasteiger partial charge on any atom is -0.353 e. The van der Waals surface area contributed by atoms with Crippen LogP contribution in [-0.4, -0.2) is 56.0 Å². The molecule has 0 amide bonds. The molecule has 8 heteroatoms. The summed E-state index contributed by atoms with van der Waals surface area (Å²) >= 11 is 0. The normalized spacial score (nSPS) is 17.9. The van der Waals surface area contributed by atoms with Gasteiger partial charge in [-0.25, -0.2) is 9.97 Å². The number of aryl methyl sites for hydroxylation is 1. The van der Waals surface area contributed by atoms with Crippen molar-refractivity contribution < 1.29 is 0 Å². The van der Waals surface area contributed by atoms with Crippen LogP contribution in [0.15, 0.2) is 24.5 Å². The monoisotopic (exact) mass is 350 g/mol. The first-order chi connectivity index (χ1) is 12.8. The van der Waals surface area contributed by atoms with Crippen molar-refractivity contribution in [1.29, 1.82) is 0 Å². The zero-order valence-corrected chi connectivity index (χ0v) is 14.9. The van der Waals surface area contributed by atoms with E-state index in [1.54, 1.807) is 10.8 Å². The Kier molecular flexibility index (Phi) is 3.69. The minimum atomic E-state index is 0.584. The number of aromatic nitrogens is 6. The van der Waals surface area contributed by atoms with Crippen molar-refractivity contribution in [3.8, 4) is 0 Å². The number of fused-ring (bicyclic) bond motifs is 1. The Hall–Kier alpha value is -2.77. The number of rotatable bonds is 4. The first-order valence-corrected chi connectivity index (χ1v) is 9.35. The summed E-state index contributed by atoms with van der Waals surface area (Å²) in [7, 11) is 0. The number of hydrogen-bond donors (Lipinski definition) is 0. The van der Waals surface area contributed by atoms with E-state index in [1.807, 2.05) is 12.1 Å². The van der Waals surface area contributed by atoms with E-state index in [0.29, 0.717) is 5.92 Å². The molecule has 1 saturated carbocycles. The van der Waals surface area contributed by atoms with Crippen LogP contribution >= 0.6 is 0 Å². The number of hydrogen-bond acceptors (Lipinski definition) is 7. The highest BCUT2D eigenvalue weighted by Crippen LogP contribution is 2.38. The molecule has 0 aromatic carbocycles. The lowest BCUT2D eigenvalue weighted by molar-refractivity contribution is 0.633. The van der Waals surface area contributed by atoms with Gasteiger partial charge in [0.1, 0.15) is 23.8 Å². The zero-order valence-electron chi connectivity index (χ0n) is 14.9. The van der Waals surface area contributed by atoms with Gasteiger partial charge in [-0.15, -0.1) is 15.3 Å². The van der Waals surface area contributed by atoms with Gasteiger partial charge in [0.05, 0.1) is 0 Å². The van der Waals surface area contributed by atoms with E-state index < -0.39 is 0 Å². The molecule has 1 saturated heterocycles. The molecule has 2 aliphatic rings. The molecule has 0 unspecified atom stereocenters. The summed E-state index contributed by atoms with van der Waals surface area (Å²) in [6.45, 7) is 5.88. The fourth-order valence-corrected chi connectivity index (χ4v) is 3.42. The van der Waals surface area contributed by atoms with E-state index in [9.17, 15) is 0 Å². The Morgan fingerprint density at radius 1 is 1.00 bits per heavy atom. The van der Waals surface area contributed by atoms with Gasteiger partial charge in [0.25, 0.3) is 0 Å². The van der Waals surface area contributed by atoms with Crippen LogP contribution in [-0.2, 0) is 6.42 Å². The van der Waals surface area contributed by atoms with Gasteiger partial charge in [-0.2, -0.15) is 4.52 Å². The molecular weight excluding hydrogens is 328 g/mol. The van der Waals surface area contributed by atoms with Gasteiger partial charge >= 0.3 is 0 Å². The summed E-state index contributed by atoms with van der Waals surface area (Å²) in [4.78, 5) is 14.3. The quantitative estimate of drug-likeness (QED) is 0.708. The van der Waals surface area contributed by atoms with Crippen LogP contribution in [0.3, 0.4) is 0 Å². The number of piperazine rings is 1.